The number of methoxy groups -OCH3 is 1. The standard InChI is InChI=1S/C36H65NO4Si/c1-8-9-10-11-12-13-14-15-16-17-18-19-20-21-22-23-26-39-30-34(31-41-42(6,7)36(2,3)4)40-29-32-24-25-33(28-37)35(27-32)38-5/h24-25,27,34H,8-23,26,29-31H2,1-7H3/t34-/m1/s1. The third kappa shape index (κ3) is 17.7. The molecule has 0 unspecified atom stereocenters. The Morgan fingerprint density at radius 3 is 1.79 bits per heavy atom. The van der Waals surface area contributed by atoms with E-state index in [2.05, 4.69) is 46.9 Å². The van der Waals surface area contributed by atoms with E-state index in [1.807, 2.05) is 12.1 Å². The summed E-state index contributed by atoms with van der Waals surface area (Å²) in [5.41, 5.74) is 1.50. The van der Waals surface area contributed by atoms with E-state index in [0.29, 0.717) is 31.1 Å². The molecule has 0 saturated carbocycles. The van der Waals surface area contributed by atoms with Gasteiger partial charge in [-0.15, -0.1) is 0 Å². The highest BCUT2D eigenvalue weighted by Gasteiger charge is 2.37. The summed E-state index contributed by atoms with van der Waals surface area (Å²) in [7, 11) is -0.302. The Balaban J connectivity index is 2.25. The first-order valence-corrected chi connectivity index (χ1v) is 20.0. The van der Waals surface area contributed by atoms with Gasteiger partial charge in [0.25, 0.3) is 0 Å². The van der Waals surface area contributed by atoms with Gasteiger partial charge in [-0.3, -0.25) is 0 Å². The fraction of sp³-hybridized carbons (Fsp3) is 0.806. The maximum absolute atomic E-state index is 9.26. The molecule has 0 N–H and O–H groups in total. The monoisotopic (exact) mass is 603 g/mol. The second-order valence-corrected chi connectivity index (χ2v) is 18.3. The largest absolute Gasteiger partial charge is 0.495 e. The number of nitriles is 1. The van der Waals surface area contributed by atoms with Crippen molar-refractivity contribution in [2.24, 2.45) is 0 Å². The minimum Gasteiger partial charge on any atom is -0.495 e. The predicted octanol–water partition coefficient (Wildman–Crippen LogP) is 10.8. The maximum atomic E-state index is 9.26. The summed E-state index contributed by atoms with van der Waals surface area (Å²) in [6, 6.07) is 7.75. The number of hydrogen-bond acceptors (Lipinski definition) is 5. The number of hydrogen-bond donors (Lipinski definition) is 0. The van der Waals surface area contributed by atoms with Crippen LogP contribution < -0.4 is 4.74 Å². The average Bonchev–Trinajstić information content (AvgIpc) is 2.96. The van der Waals surface area contributed by atoms with E-state index in [-0.39, 0.29) is 11.1 Å². The van der Waals surface area contributed by atoms with E-state index in [1.165, 1.54) is 96.3 Å². The van der Waals surface area contributed by atoms with Crippen LogP contribution in [0, 0.1) is 11.3 Å². The molecule has 0 aliphatic rings. The number of rotatable bonds is 26. The Morgan fingerprint density at radius 1 is 0.786 bits per heavy atom. The van der Waals surface area contributed by atoms with Crippen molar-refractivity contribution in [2.75, 3.05) is 26.9 Å². The first kappa shape index (κ1) is 38.6. The summed E-state index contributed by atoms with van der Waals surface area (Å²) >= 11 is 0. The van der Waals surface area contributed by atoms with Crippen LogP contribution in [0.5, 0.6) is 5.75 Å². The van der Waals surface area contributed by atoms with Crippen LogP contribution in [-0.4, -0.2) is 41.4 Å². The first-order chi connectivity index (χ1) is 20.1. The van der Waals surface area contributed by atoms with Crippen molar-refractivity contribution in [3.8, 4) is 11.8 Å². The number of nitrogens with zero attached hydrogens (tertiary/aromatic N) is 1. The van der Waals surface area contributed by atoms with Gasteiger partial charge in [-0.2, -0.15) is 5.26 Å². The Kier molecular flexibility index (Phi) is 21.2. The van der Waals surface area contributed by atoms with E-state index in [1.54, 1.807) is 13.2 Å². The highest BCUT2D eigenvalue weighted by Crippen LogP contribution is 2.36. The van der Waals surface area contributed by atoms with Crippen LogP contribution in [-0.2, 0) is 20.5 Å². The van der Waals surface area contributed by atoms with E-state index >= 15 is 0 Å². The third-order valence-corrected chi connectivity index (χ3v) is 13.3. The van der Waals surface area contributed by atoms with Crippen LogP contribution >= 0.6 is 0 Å². The van der Waals surface area contributed by atoms with E-state index in [4.69, 9.17) is 18.6 Å². The number of ether oxygens (including phenoxy) is 3. The van der Waals surface area contributed by atoms with Crippen LogP contribution in [0.2, 0.25) is 18.1 Å². The molecule has 1 atom stereocenters. The molecule has 0 radical (unpaired) electrons. The van der Waals surface area contributed by atoms with Crippen LogP contribution in [0.4, 0.5) is 0 Å². The van der Waals surface area contributed by atoms with Crippen LogP contribution in [0.1, 0.15) is 142 Å². The van der Waals surface area contributed by atoms with Gasteiger partial charge in [0.2, 0.25) is 0 Å². The van der Waals surface area contributed by atoms with Gasteiger partial charge in [0.05, 0.1) is 32.5 Å². The summed E-state index contributed by atoms with van der Waals surface area (Å²) in [5.74, 6) is 0.576. The van der Waals surface area contributed by atoms with Crippen LogP contribution in [0.3, 0.4) is 0 Å². The molecular weight excluding hydrogens is 538 g/mol. The number of unbranched alkanes of at least 4 members (excludes halogenated alkanes) is 15. The molecule has 0 bridgehead atoms. The van der Waals surface area contributed by atoms with Crippen molar-refractivity contribution in [1.29, 1.82) is 5.26 Å². The molecule has 6 heteroatoms. The molecular formula is C36H65NO4Si. The quantitative estimate of drug-likeness (QED) is 0.0778. The zero-order valence-electron chi connectivity index (χ0n) is 28.5. The molecule has 0 aliphatic carbocycles. The van der Waals surface area contributed by atoms with Gasteiger partial charge in [0.15, 0.2) is 8.32 Å². The maximum Gasteiger partial charge on any atom is 0.192 e. The molecule has 1 rings (SSSR count). The molecule has 0 fully saturated rings. The van der Waals surface area contributed by atoms with E-state index < -0.39 is 8.32 Å². The zero-order valence-corrected chi connectivity index (χ0v) is 29.5. The Bertz CT molecular complexity index is 846. The van der Waals surface area contributed by atoms with Gasteiger partial charge < -0.3 is 18.6 Å². The predicted molar refractivity (Wildman–Crippen MR) is 180 cm³/mol. The van der Waals surface area contributed by atoms with E-state index in [9.17, 15) is 5.26 Å². The molecule has 42 heavy (non-hydrogen) atoms. The molecule has 5 nitrogen and oxygen atoms in total. The summed E-state index contributed by atoms with van der Waals surface area (Å²) in [4.78, 5) is 0. The number of benzene rings is 1. The van der Waals surface area contributed by atoms with E-state index in [0.717, 1.165) is 18.6 Å². The van der Waals surface area contributed by atoms with Gasteiger partial charge in [-0.1, -0.05) is 130 Å². The fourth-order valence-corrected chi connectivity index (χ4v) is 5.80. The molecule has 1 aromatic rings. The van der Waals surface area contributed by atoms with Gasteiger partial charge >= 0.3 is 0 Å². The normalized spacial score (nSPS) is 12.8. The topological polar surface area (TPSA) is 60.7 Å². The fourth-order valence-electron chi connectivity index (χ4n) is 4.76. The van der Waals surface area contributed by atoms with Gasteiger partial charge in [0, 0.05) is 6.61 Å². The molecule has 242 valence electrons. The molecule has 0 aromatic heterocycles. The van der Waals surface area contributed by atoms with Crippen molar-refractivity contribution < 1.29 is 18.6 Å². The van der Waals surface area contributed by atoms with Gasteiger partial charge in [-0.05, 0) is 42.2 Å². The minimum atomic E-state index is -1.89. The summed E-state index contributed by atoms with van der Waals surface area (Å²) < 4.78 is 24.2. The lowest BCUT2D eigenvalue weighted by molar-refractivity contribution is -0.0477. The minimum absolute atomic E-state index is 0.137. The molecule has 1 aromatic carbocycles. The summed E-state index contributed by atoms with van der Waals surface area (Å²) in [6.07, 6.45) is 21.8. The zero-order chi connectivity index (χ0) is 31.1. The average molecular weight is 604 g/mol. The Hall–Kier alpha value is -1.39. The SMILES string of the molecule is CCCCCCCCCCCCCCCCCCOC[C@H](CO[Si](C)(C)C(C)(C)C)OCc1ccc(C#N)c(OC)c1. The van der Waals surface area contributed by atoms with Crippen LogP contribution in [0.25, 0.3) is 0 Å². The molecule has 0 heterocycles. The first-order valence-electron chi connectivity index (χ1n) is 17.0. The van der Waals surface area contributed by atoms with Crippen LogP contribution in [0.15, 0.2) is 18.2 Å². The second kappa shape index (κ2) is 23.1. The molecule has 0 aliphatic heterocycles. The smallest absolute Gasteiger partial charge is 0.192 e. The van der Waals surface area contributed by atoms with Gasteiger partial charge in [-0.25, -0.2) is 0 Å². The highest BCUT2D eigenvalue weighted by molar-refractivity contribution is 6.74. The van der Waals surface area contributed by atoms with Crippen molar-refractivity contribution in [1.82, 2.24) is 0 Å². The molecule has 0 spiro atoms. The summed E-state index contributed by atoms with van der Waals surface area (Å²) in [5, 5.41) is 9.41. The molecule has 0 saturated heterocycles. The molecule has 0 amide bonds. The lowest BCUT2D eigenvalue weighted by atomic mass is 10.0. The summed E-state index contributed by atoms with van der Waals surface area (Å²) in [6.45, 7) is 15.8. The second-order valence-electron chi connectivity index (χ2n) is 13.5. The Labute approximate surface area is 261 Å². The lowest BCUT2D eigenvalue weighted by Gasteiger charge is -2.37. The third-order valence-electron chi connectivity index (χ3n) is 8.75. The van der Waals surface area contributed by atoms with Crippen molar-refractivity contribution in [2.45, 2.75) is 161 Å². The van der Waals surface area contributed by atoms with Crippen molar-refractivity contribution in [3.05, 3.63) is 29.3 Å². The highest BCUT2D eigenvalue weighted by atomic mass is 28.4. The van der Waals surface area contributed by atoms with Gasteiger partial charge in [0.1, 0.15) is 17.9 Å². The van der Waals surface area contributed by atoms with Crippen molar-refractivity contribution >= 4 is 8.32 Å². The lowest BCUT2D eigenvalue weighted by Crippen LogP contribution is -2.43. The van der Waals surface area contributed by atoms with Crippen molar-refractivity contribution in [3.63, 3.8) is 0 Å². The Morgan fingerprint density at radius 2 is 1.31 bits per heavy atom.